The number of nitrogens with zero attached hydrogens (tertiary/aromatic N) is 1. The average Bonchev–Trinajstić information content (AvgIpc) is 2.58. The third-order valence-electron chi connectivity index (χ3n) is 3.02. The summed E-state index contributed by atoms with van der Waals surface area (Å²) in [5.41, 5.74) is 4.10. The summed E-state index contributed by atoms with van der Waals surface area (Å²) < 4.78 is 2.43. The van der Waals surface area contributed by atoms with Crippen LogP contribution in [0.3, 0.4) is 0 Å². The number of nitrogens with one attached hydrogen (secondary N) is 1. The Kier molecular flexibility index (Phi) is 3.01. The lowest BCUT2D eigenvalue weighted by Gasteiger charge is -2.15. The van der Waals surface area contributed by atoms with Gasteiger partial charge in [0.2, 0.25) is 0 Å². The van der Waals surface area contributed by atoms with E-state index in [1.807, 2.05) is 7.05 Å². The van der Waals surface area contributed by atoms with E-state index in [4.69, 9.17) is 0 Å². The fourth-order valence-electron chi connectivity index (χ4n) is 2.43. The Bertz CT molecular complexity index is 495. The molecule has 2 heteroatoms. The molecular weight excluding hydrogens is 196 g/mol. The van der Waals surface area contributed by atoms with Crippen LogP contribution in [0.1, 0.15) is 31.1 Å². The van der Waals surface area contributed by atoms with E-state index in [1.165, 1.54) is 22.2 Å². The van der Waals surface area contributed by atoms with Gasteiger partial charge in [0.25, 0.3) is 0 Å². The van der Waals surface area contributed by atoms with E-state index >= 15 is 0 Å². The molecule has 1 aromatic carbocycles. The zero-order chi connectivity index (χ0) is 11.7. The van der Waals surface area contributed by atoms with Crippen molar-refractivity contribution in [3.8, 4) is 0 Å². The highest BCUT2D eigenvalue weighted by Crippen LogP contribution is 2.26. The number of hydrogen-bond donors (Lipinski definition) is 1. The largest absolute Gasteiger partial charge is 0.341 e. The summed E-state index contributed by atoms with van der Waals surface area (Å²) in [6.07, 6.45) is 0. The van der Waals surface area contributed by atoms with Gasteiger partial charge >= 0.3 is 0 Å². The van der Waals surface area contributed by atoms with Crippen LogP contribution in [0.15, 0.2) is 24.3 Å². The number of para-hydroxylation sites is 1. The Balaban J connectivity index is 2.72. The summed E-state index contributed by atoms with van der Waals surface area (Å²) in [5.74, 6) is 0. The Morgan fingerprint density at radius 1 is 1.31 bits per heavy atom. The molecule has 16 heavy (non-hydrogen) atoms. The van der Waals surface area contributed by atoms with E-state index in [2.05, 4.69) is 54.9 Å². The molecule has 2 aromatic rings. The minimum atomic E-state index is 0.502. The lowest BCUT2D eigenvalue weighted by Crippen LogP contribution is -2.12. The summed E-state index contributed by atoms with van der Waals surface area (Å²) >= 11 is 0. The summed E-state index contributed by atoms with van der Waals surface area (Å²) in [5, 5.41) is 4.59. The molecule has 0 radical (unpaired) electrons. The lowest BCUT2D eigenvalue weighted by molar-refractivity contribution is 0.581. The standard InChI is InChI=1S/C14H20N2/c1-10(2)16-13(9-15-4)8-12-7-5-6-11(3)14(12)16/h5-8,10,15H,9H2,1-4H3. The monoisotopic (exact) mass is 216 g/mol. The molecule has 0 saturated heterocycles. The van der Waals surface area contributed by atoms with E-state index in [9.17, 15) is 0 Å². The van der Waals surface area contributed by atoms with Crippen molar-refractivity contribution in [1.29, 1.82) is 0 Å². The van der Waals surface area contributed by atoms with Gasteiger partial charge in [-0.05, 0) is 39.4 Å². The van der Waals surface area contributed by atoms with Gasteiger partial charge < -0.3 is 9.88 Å². The first kappa shape index (κ1) is 11.2. The maximum Gasteiger partial charge on any atom is 0.0515 e. The minimum absolute atomic E-state index is 0.502. The number of aromatic nitrogens is 1. The summed E-state index contributed by atoms with van der Waals surface area (Å²) in [7, 11) is 2.00. The maximum atomic E-state index is 3.24. The van der Waals surface area contributed by atoms with E-state index in [1.54, 1.807) is 0 Å². The Morgan fingerprint density at radius 2 is 2.06 bits per heavy atom. The van der Waals surface area contributed by atoms with Gasteiger partial charge in [-0.3, -0.25) is 0 Å². The number of rotatable bonds is 3. The van der Waals surface area contributed by atoms with Crippen LogP contribution in [0.2, 0.25) is 0 Å². The second-order valence-electron chi connectivity index (χ2n) is 4.64. The van der Waals surface area contributed by atoms with E-state index < -0.39 is 0 Å². The first-order chi connectivity index (χ1) is 7.65. The fourth-order valence-corrected chi connectivity index (χ4v) is 2.43. The highest BCUT2D eigenvalue weighted by atomic mass is 15.0. The van der Waals surface area contributed by atoms with Crippen LogP contribution in [0.5, 0.6) is 0 Å². The first-order valence-electron chi connectivity index (χ1n) is 5.89. The number of benzene rings is 1. The van der Waals surface area contributed by atoms with Gasteiger partial charge in [0.15, 0.2) is 0 Å². The molecule has 0 spiro atoms. The third-order valence-corrected chi connectivity index (χ3v) is 3.02. The zero-order valence-corrected chi connectivity index (χ0v) is 10.5. The number of aryl methyl sites for hydroxylation is 1. The molecule has 86 valence electrons. The quantitative estimate of drug-likeness (QED) is 0.833. The van der Waals surface area contributed by atoms with Crippen molar-refractivity contribution in [3.05, 3.63) is 35.5 Å². The predicted molar refractivity (Wildman–Crippen MR) is 69.8 cm³/mol. The van der Waals surface area contributed by atoms with Crippen LogP contribution < -0.4 is 5.32 Å². The molecule has 1 heterocycles. The highest BCUT2D eigenvalue weighted by molar-refractivity contribution is 5.84. The van der Waals surface area contributed by atoms with Gasteiger partial charge in [0, 0.05) is 23.7 Å². The second kappa shape index (κ2) is 4.30. The Morgan fingerprint density at radius 3 is 2.69 bits per heavy atom. The fraction of sp³-hybridized carbons (Fsp3) is 0.429. The van der Waals surface area contributed by atoms with Gasteiger partial charge in [-0.2, -0.15) is 0 Å². The topological polar surface area (TPSA) is 17.0 Å². The molecule has 0 aliphatic carbocycles. The van der Waals surface area contributed by atoms with Crippen LogP contribution in [-0.4, -0.2) is 11.6 Å². The van der Waals surface area contributed by atoms with E-state index in [0.717, 1.165) is 6.54 Å². The minimum Gasteiger partial charge on any atom is -0.341 e. The molecule has 0 bridgehead atoms. The van der Waals surface area contributed by atoms with E-state index in [-0.39, 0.29) is 0 Å². The summed E-state index contributed by atoms with van der Waals surface area (Å²) in [6, 6.07) is 9.30. The maximum absolute atomic E-state index is 3.24. The van der Waals surface area contributed by atoms with Crippen molar-refractivity contribution in [1.82, 2.24) is 9.88 Å². The molecule has 2 rings (SSSR count). The van der Waals surface area contributed by atoms with Crippen molar-refractivity contribution in [2.75, 3.05) is 7.05 Å². The molecule has 1 aromatic heterocycles. The van der Waals surface area contributed by atoms with Crippen molar-refractivity contribution in [2.45, 2.75) is 33.4 Å². The Labute approximate surface area is 97.3 Å². The molecule has 0 atom stereocenters. The van der Waals surface area contributed by atoms with Crippen LogP contribution >= 0.6 is 0 Å². The van der Waals surface area contributed by atoms with Crippen LogP contribution in [0.4, 0.5) is 0 Å². The first-order valence-corrected chi connectivity index (χ1v) is 5.89. The third kappa shape index (κ3) is 1.74. The second-order valence-corrected chi connectivity index (χ2v) is 4.64. The smallest absolute Gasteiger partial charge is 0.0515 e. The van der Waals surface area contributed by atoms with Gasteiger partial charge in [-0.15, -0.1) is 0 Å². The average molecular weight is 216 g/mol. The lowest BCUT2D eigenvalue weighted by atomic mass is 10.1. The van der Waals surface area contributed by atoms with Crippen LogP contribution in [-0.2, 0) is 6.54 Å². The molecule has 0 saturated carbocycles. The Hall–Kier alpha value is -1.28. The van der Waals surface area contributed by atoms with Crippen molar-refractivity contribution >= 4 is 10.9 Å². The van der Waals surface area contributed by atoms with Crippen molar-refractivity contribution in [2.24, 2.45) is 0 Å². The number of fused-ring (bicyclic) bond motifs is 1. The van der Waals surface area contributed by atoms with E-state index in [0.29, 0.717) is 6.04 Å². The van der Waals surface area contributed by atoms with Gasteiger partial charge in [-0.25, -0.2) is 0 Å². The summed E-state index contributed by atoms with van der Waals surface area (Å²) in [6.45, 7) is 7.59. The molecule has 0 aliphatic rings. The molecular formula is C14H20N2. The van der Waals surface area contributed by atoms with Crippen LogP contribution in [0.25, 0.3) is 10.9 Å². The normalized spacial score (nSPS) is 11.6. The zero-order valence-electron chi connectivity index (χ0n) is 10.5. The SMILES string of the molecule is CNCc1cc2cccc(C)c2n1C(C)C. The van der Waals surface area contributed by atoms with Gasteiger partial charge in [0.05, 0.1) is 5.52 Å². The van der Waals surface area contributed by atoms with Gasteiger partial charge in [0.1, 0.15) is 0 Å². The van der Waals surface area contributed by atoms with Crippen LogP contribution in [0, 0.1) is 6.92 Å². The molecule has 0 amide bonds. The highest BCUT2D eigenvalue weighted by Gasteiger charge is 2.11. The molecule has 2 nitrogen and oxygen atoms in total. The van der Waals surface area contributed by atoms with Crippen molar-refractivity contribution in [3.63, 3.8) is 0 Å². The predicted octanol–water partition coefficient (Wildman–Crippen LogP) is 3.25. The molecule has 0 unspecified atom stereocenters. The van der Waals surface area contributed by atoms with Crippen molar-refractivity contribution < 1.29 is 0 Å². The summed E-state index contributed by atoms with van der Waals surface area (Å²) in [4.78, 5) is 0. The molecule has 0 fully saturated rings. The van der Waals surface area contributed by atoms with Gasteiger partial charge in [-0.1, -0.05) is 18.2 Å². The number of hydrogen-bond acceptors (Lipinski definition) is 1. The molecule has 0 aliphatic heterocycles. The molecule has 1 N–H and O–H groups in total.